The number of carbonyl (C=O) groups is 1. The molecule has 35 heavy (non-hydrogen) atoms. The van der Waals surface area contributed by atoms with Gasteiger partial charge in [0.2, 0.25) is 5.95 Å². The monoisotopic (exact) mass is 496 g/mol. The molecule has 1 aliphatic heterocycles. The SMILES string of the molecule is Cc1ccc(-n2nccn2)c(C(=O)N2CC(F)(F)CC(C)C2CNc2ncc(C(F)(F)F)cn2)n1. The van der Waals surface area contributed by atoms with Gasteiger partial charge < -0.3 is 10.2 Å². The van der Waals surface area contributed by atoms with Gasteiger partial charge in [-0.2, -0.15) is 23.4 Å². The Morgan fingerprint density at radius 2 is 1.83 bits per heavy atom. The average Bonchev–Trinajstić information content (AvgIpc) is 3.31. The molecule has 0 aromatic carbocycles. The maximum Gasteiger partial charge on any atom is 0.419 e. The van der Waals surface area contributed by atoms with E-state index in [0.717, 1.165) is 4.90 Å². The molecule has 1 aliphatic rings. The molecule has 14 heteroatoms. The number of aryl methyl sites for hydroxylation is 1. The molecule has 0 saturated carbocycles. The zero-order chi connectivity index (χ0) is 25.4. The summed E-state index contributed by atoms with van der Waals surface area (Å²) in [4.78, 5) is 27.3. The number of piperidine rings is 1. The Labute approximate surface area is 196 Å². The predicted molar refractivity (Wildman–Crippen MR) is 113 cm³/mol. The van der Waals surface area contributed by atoms with Crippen molar-refractivity contribution in [2.24, 2.45) is 5.92 Å². The molecule has 2 atom stereocenters. The zero-order valence-electron chi connectivity index (χ0n) is 18.7. The largest absolute Gasteiger partial charge is 0.419 e. The number of aromatic nitrogens is 6. The Balaban J connectivity index is 1.61. The summed E-state index contributed by atoms with van der Waals surface area (Å²) < 4.78 is 67.3. The van der Waals surface area contributed by atoms with Crippen LogP contribution >= 0.6 is 0 Å². The fraction of sp³-hybridized carbons (Fsp3) is 0.429. The van der Waals surface area contributed by atoms with E-state index in [1.807, 2.05) is 0 Å². The molecule has 3 aromatic rings. The maximum absolute atomic E-state index is 14.5. The first-order valence-corrected chi connectivity index (χ1v) is 10.6. The summed E-state index contributed by atoms with van der Waals surface area (Å²) in [5.41, 5.74) is -0.392. The van der Waals surface area contributed by atoms with Crippen LogP contribution in [0.5, 0.6) is 0 Å². The number of likely N-dealkylation sites (tertiary alicyclic amines) is 1. The fourth-order valence-electron chi connectivity index (χ4n) is 3.98. The summed E-state index contributed by atoms with van der Waals surface area (Å²) in [5.74, 6) is -4.65. The topological polar surface area (TPSA) is 102 Å². The molecule has 0 radical (unpaired) electrons. The van der Waals surface area contributed by atoms with Gasteiger partial charge in [-0.05, 0) is 25.0 Å². The third-order valence-electron chi connectivity index (χ3n) is 5.64. The second kappa shape index (κ2) is 9.15. The minimum atomic E-state index is -4.59. The highest BCUT2D eigenvalue weighted by Gasteiger charge is 2.46. The molecule has 4 heterocycles. The van der Waals surface area contributed by atoms with Crippen LogP contribution in [0.25, 0.3) is 5.69 Å². The molecule has 3 aromatic heterocycles. The zero-order valence-corrected chi connectivity index (χ0v) is 18.7. The van der Waals surface area contributed by atoms with Crippen molar-refractivity contribution in [2.45, 2.75) is 38.4 Å². The molecule has 0 bridgehead atoms. The molecular weight excluding hydrogens is 475 g/mol. The van der Waals surface area contributed by atoms with Crippen LogP contribution in [0.4, 0.5) is 27.9 Å². The fourth-order valence-corrected chi connectivity index (χ4v) is 3.98. The van der Waals surface area contributed by atoms with Gasteiger partial charge in [0.25, 0.3) is 11.8 Å². The number of carbonyl (C=O) groups excluding carboxylic acids is 1. The van der Waals surface area contributed by atoms with E-state index in [1.165, 1.54) is 17.2 Å². The molecule has 186 valence electrons. The van der Waals surface area contributed by atoms with E-state index in [9.17, 15) is 26.7 Å². The van der Waals surface area contributed by atoms with E-state index in [-0.39, 0.29) is 23.9 Å². The lowest BCUT2D eigenvalue weighted by Crippen LogP contribution is -2.57. The Bertz CT molecular complexity index is 1180. The van der Waals surface area contributed by atoms with Crippen LogP contribution in [0.1, 0.15) is 35.1 Å². The normalized spacial score (nSPS) is 20.0. The van der Waals surface area contributed by atoms with Gasteiger partial charge in [0, 0.05) is 31.1 Å². The Hall–Kier alpha value is -3.71. The molecule has 1 saturated heterocycles. The summed E-state index contributed by atoms with van der Waals surface area (Å²) in [6, 6.07) is 2.47. The molecule has 1 amide bonds. The van der Waals surface area contributed by atoms with Crippen molar-refractivity contribution in [1.82, 2.24) is 34.8 Å². The van der Waals surface area contributed by atoms with Crippen molar-refractivity contribution in [3.8, 4) is 5.69 Å². The standard InChI is InChI=1S/C21H21F5N8O/c1-12-7-20(22,23)11-33(16(12)10-29-19-27-8-14(9-28-19)21(24,25)26)18(35)17-15(4-3-13(2)32-17)34-30-5-6-31-34/h3-6,8-9,12,16H,7,10-11H2,1-2H3,(H,27,28,29). The first-order chi connectivity index (χ1) is 16.4. The number of hydrogen-bond donors (Lipinski definition) is 1. The van der Waals surface area contributed by atoms with Crippen molar-refractivity contribution < 1.29 is 26.7 Å². The quantitative estimate of drug-likeness (QED) is 0.541. The number of nitrogens with one attached hydrogen (secondary N) is 1. The van der Waals surface area contributed by atoms with Crippen molar-refractivity contribution in [3.05, 3.63) is 53.9 Å². The van der Waals surface area contributed by atoms with Crippen LogP contribution in [0, 0.1) is 12.8 Å². The highest BCUT2D eigenvalue weighted by molar-refractivity contribution is 5.96. The van der Waals surface area contributed by atoms with Crippen LogP contribution in [-0.2, 0) is 6.18 Å². The van der Waals surface area contributed by atoms with Crippen LogP contribution in [-0.4, -0.2) is 65.8 Å². The molecule has 1 N–H and O–H groups in total. The van der Waals surface area contributed by atoms with Gasteiger partial charge in [0.15, 0.2) is 5.69 Å². The van der Waals surface area contributed by atoms with Crippen LogP contribution in [0.15, 0.2) is 36.9 Å². The summed E-state index contributed by atoms with van der Waals surface area (Å²) in [7, 11) is 0. The number of amides is 1. The highest BCUT2D eigenvalue weighted by atomic mass is 19.4. The highest BCUT2D eigenvalue weighted by Crippen LogP contribution is 2.35. The van der Waals surface area contributed by atoms with E-state index in [0.29, 0.717) is 18.1 Å². The van der Waals surface area contributed by atoms with Gasteiger partial charge in [0.05, 0.1) is 30.5 Å². The van der Waals surface area contributed by atoms with Gasteiger partial charge in [-0.3, -0.25) is 4.79 Å². The molecule has 1 fully saturated rings. The Morgan fingerprint density at radius 3 is 2.46 bits per heavy atom. The Morgan fingerprint density at radius 1 is 1.17 bits per heavy atom. The van der Waals surface area contributed by atoms with E-state index in [4.69, 9.17) is 0 Å². The lowest BCUT2D eigenvalue weighted by Gasteiger charge is -2.43. The number of alkyl halides is 5. The van der Waals surface area contributed by atoms with E-state index in [1.54, 1.807) is 26.0 Å². The molecule has 2 unspecified atom stereocenters. The van der Waals surface area contributed by atoms with E-state index < -0.39 is 48.5 Å². The number of anilines is 1. The van der Waals surface area contributed by atoms with Gasteiger partial charge in [-0.15, -0.1) is 4.80 Å². The molecule has 0 spiro atoms. The number of halogens is 5. The molecule has 0 aliphatic carbocycles. The second-order valence-electron chi connectivity index (χ2n) is 8.35. The predicted octanol–water partition coefficient (Wildman–Crippen LogP) is 3.38. The van der Waals surface area contributed by atoms with Gasteiger partial charge >= 0.3 is 6.18 Å². The first kappa shape index (κ1) is 24.4. The van der Waals surface area contributed by atoms with Crippen LogP contribution in [0.3, 0.4) is 0 Å². The lowest BCUT2D eigenvalue weighted by molar-refractivity contribution is -0.138. The summed E-state index contributed by atoms with van der Waals surface area (Å²) in [6.07, 6.45) is -1.00. The summed E-state index contributed by atoms with van der Waals surface area (Å²) in [5, 5.41) is 10.8. The number of hydrogen-bond acceptors (Lipinski definition) is 7. The van der Waals surface area contributed by atoms with Gasteiger partial charge in [-0.1, -0.05) is 6.92 Å². The van der Waals surface area contributed by atoms with E-state index >= 15 is 0 Å². The van der Waals surface area contributed by atoms with Gasteiger partial charge in [0.1, 0.15) is 5.69 Å². The minimum absolute atomic E-state index is 0.0600. The number of nitrogens with zero attached hydrogens (tertiary/aromatic N) is 7. The third-order valence-corrected chi connectivity index (χ3v) is 5.64. The lowest BCUT2D eigenvalue weighted by atomic mass is 9.88. The maximum atomic E-state index is 14.5. The number of pyridine rings is 1. The minimum Gasteiger partial charge on any atom is -0.352 e. The van der Waals surface area contributed by atoms with E-state index in [2.05, 4.69) is 30.5 Å². The second-order valence-corrected chi connectivity index (χ2v) is 8.35. The summed E-state index contributed by atoms with van der Waals surface area (Å²) in [6.45, 7) is 2.33. The molecular formula is C21H21F5N8O. The van der Waals surface area contributed by atoms with Crippen molar-refractivity contribution in [2.75, 3.05) is 18.4 Å². The summed E-state index contributed by atoms with van der Waals surface area (Å²) >= 11 is 0. The molecule has 9 nitrogen and oxygen atoms in total. The van der Waals surface area contributed by atoms with Crippen molar-refractivity contribution in [3.63, 3.8) is 0 Å². The smallest absolute Gasteiger partial charge is 0.352 e. The van der Waals surface area contributed by atoms with Crippen LogP contribution in [0.2, 0.25) is 0 Å². The average molecular weight is 496 g/mol. The van der Waals surface area contributed by atoms with Crippen molar-refractivity contribution in [1.29, 1.82) is 0 Å². The number of rotatable bonds is 5. The Kier molecular flexibility index (Phi) is 6.38. The first-order valence-electron chi connectivity index (χ1n) is 10.6. The van der Waals surface area contributed by atoms with Crippen molar-refractivity contribution >= 4 is 11.9 Å². The van der Waals surface area contributed by atoms with Crippen LogP contribution < -0.4 is 5.32 Å². The van der Waals surface area contributed by atoms with Gasteiger partial charge in [-0.25, -0.2) is 23.7 Å². The third kappa shape index (κ3) is 5.35. The molecule has 4 rings (SSSR count).